The highest BCUT2D eigenvalue weighted by molar-refractivity contribution is 5.72. The van der Waals surface area contributed by atoms with Crippen LogP contribution in [0.5, 0.6) is 0 Å². The minimum Gasteiger partial charge on any atom is -0.481 e. The summed E-state index contributed by atoms with van der Waals surface area (Å²) in [4.78, 5) is 20.6. The van der Waals surface area contributed by atoms with Crippen molar-refractivity contribution in [2.45, 2.75) is 12.8 Å². The van der Waals surface area contributed by atoms with Crippen molar-refractivity contribution in [2.24, 2.45) is 0 Å². The lowest BCUT2D eigenvalue weighted by atomic mass is 10.2. The Kier molecular flexibility index (Phi) is 2.40. The van der Waals surface area contributed by atoms with Crippen LogP contribution in [0.2, 0.25) is 0 Å². The van der Waals surface area contributed by atoms with E-state index in [1.807, 2.05) is 4.90 Å². The number of nitrogens with two attached hydrogens (primary N) is 1. The molecule has 6 nitrogen and oxygen atoms in total. The first-order valence-corrected chi connectivity index (χ1v) is 4.75. The van der Waals surface area contributed by atoms with Crippen LogP contribution in [0, 0.1) is 0 Å². The summed E-state index contributed by atoms with van der Waals surface area (Å²) in [7, 11) is 0. The molecular formula is C9H12N4O2. The fraction of sp³-hybridized carbons (Fsp3) is 0.444. The second kappa shape index (κ2) is 3.72. The van der Waals surface area contributed by atoms with Gasteiger partial charge in [0.25, 0.3) is 0 Å². The first-order chi connectivity index (χ1) is 7.16. The highest BCUT2D eigenvalue weighted by atomic mass is 16.4. The van der Waals surface area contributed by atoms with Gasteiger partial charge in [-0.25, -0.2) is 4.98 Å². The Labute approximate surface area is 86.7 Å². The number of hydrogen-bond donors (Lipinski definition) is 2. The minimum absolute atomic E-state index is 0.133. The van der Waals surface area contributed by atoms with E-state index in [0.29, 0.717) is 11.5 Å². The number of rotatable bonds is 3. The Morgan fingerprint density at radius 1 is 1.60 bits per heavy atom. The van der Waals surface area contributed by atoms with E-state index in [0.717, 1.165) is 19.5 Å². The maximum Gasteiger partial charge on any atom is 0.308 e. The van der Waals surface area contributed by atoms with Gasteiger partial charge >= 0.3 is 5.97 Å². The monoisotopic (exact) mass is 208 g/mol. The molecule has 0 aromatic carbocycles. The molecule has 0 atom stereocenters. The van der Waals surface area contributed by atoms with E-state index in [-0.39, 0.29) is 12.2 Å². The van der Waals surface area contributed by atoms with Gasteiger partial charge in [0.2, 0.25) is 5.95 Å². The van der Waals surface area contributed by atoms with Crippen molar-refractivity contribution < 1.29 is 9.90 Å². The molecule has 1 aromatic heterocycles. The van der Waals surface area contributed by atoms with Gasteiger partial charge in [0, 0.05) is 24.8 Å². The van der Waals surface area contributed by atoms with Crippen LogP contribution in [0.15, 0.2) is 6.20 Å². The first-order valence-electron chi connectivity index (χ1n) is 4.75. The normalized spacial score (nSPS) is 14.8. The number of aliphatic carboxylic acids is 1. The summed E-state index contributed by atoms with van der Waals surface area (Å²) in [6.45, 7) is 1.88. The summed E-state index contributed by atoms with van der Waals surface area (Å²) in [5, 5.41) is 8.61. The molecule has 0 spiro atoms. The number of hydrogen-bond acceptors (Lipinski definition) is 5. The first kappa shape index (κ1) is 9.70. The summed E-state index contributed by atoms with van der Waals surface area (Å²) < 4.78 is 0. The van der Waals surface area contributed by atoms with E-state index < -0.39 is 5.97 Å². The molecule has 0 amide bonds. The van der Waals surface area contributed by atoms with Crippen LogP contribution in [-0.4, -0.2) is 34.1 Å². The number of carboxylic acids is 1. The van der Waals surface area contributed by atoms with Gasteiger partial charge in [-0.05, 0) is 6.42 Å². The SMILES string of the molecule is Nc1nc(N2CCC2)ncc1CC(=O)O. The van der Waals surface area contributed by atoms with Gasteiger partial charge in [0.15, 0.2) is 0 Å². The Bertz CT molecular complexity index is 390. The molecule has 2 heterocycles. The fourth-order valence-corrected chi connectivity index (χ4v) is 1.38. The molecule has 1 saturated heterocycles. The summed E-state index contributed by atoms with van der Waals surface area (Å²) >= 11 is 0. The lowest BCUT2D eigenvalue weighted by molar-refractivity contribution is -0.136. The van der Waals surface area contributed by atoms with Gasteiger partial charge in [-0.15, -0.1) is 0 Å². The summed E-state index contributed by atoms with van der Waals surface area (Å²) in [6, 6.07) is 0. The van der Waals surface area contributed by atoms with Gasteiger partial charge in [0.05, 0.1) is 6.42 Å². The molecule has 15 heavy (non-hydrogen) atoms. The van der Waals surface area contributed by atoms with Gasteiger partial charge in [-0.1, -0.05) is 0 Å². The van der Waals surface area contributed by atoms with Crippen LogP contribution in [-0.2, 0) is 11.2 Å². The molecule has 80 valence electrons. The Balaban J connectivity index is 2.18. The smallest absolute Gasteiger partial charge is 0.308 e. The second-order valence-corrected chi connectivity index (χ2v) is 3.49. The standard InChI is InChI=1S/C9H12N4O2/c10-8-6(4-7(14)15)5-11-9(12-8)13-2-1-3-13/h5H,1-4H2,(H,14,15)(H2,10,11,12). The van der Waals surface area contributed by atoms with Crippen molar-refractivity contribution in [1.29, 1.82) is 0 Å². The van der Waals surface area contributed by atoms with E-state index in [4.69, 9.17) is 10.8 Å². The Morgan fingerprint density at radius 2 is 2.33 bits per heavy atom. The molecule has 1 aromatic rings. The van der Waals surface area contributed by atoms with Crippen LogP contribution in [0.1, 0.15) is 12.0 Å². The predicted molar refractivity (Wildman–Crippen MR) is 54.6 cm³/mol. The number of anilines is 2. The zero-order valence-corrected chi connectivity index (χ0v) is 8.18. The number of carbonyl (C=O) groups is 1. The molecule has 0 saturated carbocycles. The third kappa shape index (κ3) is 1.98. The van der Waals surface area contributed by atoms with Crippen molar-refractivity contribution in [3.63, 3.8) is 0 Å². The fourth-order valence-electron chi connectivity index (χ4n) is 1.38. The lowest BCUT2D eigenvalue weighted by Gasteiger charge is -2.30. The van der Waals surface area contributed by atoms with E-state index in [1.54, 1.807) is 0 Å². The summed E-state index contributed by atoms with van der Waals surface area (Å²) in [5.41, 5.74) is 6.11. The molecule has 3 N–H and O–H groups in total. The van der Waals surface area contributed by atoms with Crippen molar-refractivity contribution >= 4 is 17.7 Å². The molecule has 0 bridgehead atoms. The largest absolute Gasteiger partial charge is 0.481 e. The number of nitrogen functional groups attached to an aromatic ring is 1. The highest BCUT2D eigenvalue weighted by Crippen LogP contribution is 2.18. The van der Waals surface area contributed by atoms with E-state index >= 15 is 0 Å². The molecule has 1 fully saturated rings. The van der Waals surface area contributed by atoms with Crippen molar-refractivity contribution in [3.05, 3.63) is 11.8 Å². The predicted octanol–water partition coefficient (Wildman–Crippen LogP) is -0.104. The van der Waals surface area contributed by atoms with Crippen LogP contribution < -0.4 is 10.6 Å². The van der Waals surface area contributed by atoms with Crippen molar-refractivity contribution in [3.8, 4) is 0 Å². The average Bonchev–Trinajstić information content (AvgIpc) is 2.06. The van der Waals surface area contributed by atoms with Crippen molar-refractivity contribution in [1.82, 2.24) is 9.97 Å². The maximum atomic E-state index is 10.5. The molecule has 0 aliphatic carbocycles. The molecule has 1 aliphatic rings. The third-order valence-corrected chi connectivity index (χ3v) is 2.37. The summed E-state index contributed by atoms with van der Waals surface area (Å²) in [5.74, 6) is -0.0795. The third-order valence-electron chi connectivity index (χ3n) is 2.37. The zero-order chi connectivity index (χ0) is 10.8. The Hall–Kier alpha value is -1.85. The highest BCUT2D eigenvalue weighted by Gasteiger charge is 2.18. The molecule has 2 rings (SSSR count). The van der Waals surface area contributed by atoms with Crippen molar-refractivity contribution in [2.75, 3.05) is 23.7 Å². The minimum atomic E-state index is -0.929. The number of nitrogens with zero attached hydrogens (tertiary/aromatic N) is 3. The lowest BCUT2D eigenvalue weighted by Crippen LogP contribution is -2.38. The van der Waals surface area contributed by atoms with E-state index in [1.165, 1.54) is 6.20 Å². The van der Waals surface area contributed by atoms with Crippen LogP contribution in [0.3, 0.4) is 0 Å². The molecule has 0 radical (unpaired) electrons. The van der Waals surface area contributed by atoms with E-state index in [9.17, 15) is 4.79 Å². The topological polar surface area (TPSA) is 92.3 Å². The number of carboxylic acid groups (broad SMARTS) is 1. The molecule has 1 aliphatic heterocycles. The number of aromatic nitrogens is 2. The zero-order valence-electron chi connectivity index (χ0n) is 8.18. The molecule has 6 heteroatoms. The van der Waals surface area contributed by atoms with Crippen LogP contribution in [0.4, 0.5) is 11.8 Å². The van der Waals surface area contributed by atoms with Gasteiger partial charge in [0.1, 0.15) is 5.82 Å². The summed E-state index contributed by atoms with van der Waals surface area (Å²) in [6.07, 6.45) is 2.50. The Morgan fingerprint density at radius 3 is 2.80 bits per heavy atom. The second-order valence-electron chi connectivity index (χ2n) is 3.49. The van der Waals surface area contributed by atoms with Crippen LogP contribution >= 0.6 is 0 Å². The average molecular weight is 208 g/mol. The van der Waals surface area contributed by atoms with Gasteiger partial charge in [-0.3, -0.25) is 4.79 Å². The molecule has 0 unspecified atom stereocenters. The van der Waals surface area contributed by atoms with Gasteiger partial charge in [-0.2, -0.15) is 4.98 Å². The van der Waals surface area contributed by atoms with E-state index in [2.05, 4.69) is 9.97 Å². The molecular weight excluding hydrogens is 196 g/mol. The maximum absolute atomic E-state index is 10.5. The quantitative estimate of drug-likeness (QED) is 0.720. The van der Waals surface area contributed by atoms with Crippen LogP contribution in [0.25, 0.3) is 0 Å². The van der Waals surface area contributed by atoms with Gasteiger partial charge < -0.3 is 15.7 Å².